The minimum absolute atomic E-state index is 0.0535. The fourth-order valence-electron chi connectivity index (χ4n) is 2.17. The Morgan fingerprint density at radius 3 is 2.67 bits per heavy atom. The van der Waals surface area contributed by atoms with Crippen molar-refractivity contribution in [3.05, 3.63) is 0 Å². The van der Waals surface area contributed by atoms with E-state index in [1.54, 1.807) is 0 Å². The molecule has 1 fully saturated rings. The zero-order valence-electron chi connectivity index (χ0n) is 11.8. The Hall–Kier alpha value is -0.610. The summed E-state index contributed by atoms with van der Waals surface area (Å²) in [5, 5.41) is 2.92. The van der Waals surface area contributed by atoms with E-state index in [-0.39, 0.29) is 5.91 Å². The van der Waals surface area contributed by atoms with Crippen LogP contribution in [0.4, 0.5) is 0 Å². The molecule has 4 heteroatoms. The van der Waals surface area contributed by atoms with E-state index in [1.807, 2.05) is 0 Å². The second-order valence-corrected chi connectivity index (χ2v) is 5.81. The maximum absolute atomic E-state index is 11.8. The average molecular weight is 256 g/mol. The van der Waals surface area contributed by atoms with Crippen LogP contribution in [0.15, 0.2) is 0 Å². The maximum Gasteiger partial charge on any atom is 0.242 e. The Bertz CT molecular complexity index is 248. The molecule has 1 rings (SSSR count). The molecular weight excluding hydrogens is 228 g/mol. The van der Waals surface area contributed by atoms with E-state index >= 15 is 0 Å². The summed E-state index contributed by atoms with van der Waals surface area (Å²) >= 11 is 0. The third-order valence-electron chi connectivity index (χ3n) is 3.50. The van der Waals surface area contributed by atoms with Crippen LogP contribution in [0.1, 0.15) is 52.4 Å². The number of rotatable bonds is 8. The number of nitrogens with two attached hydrogens (primary N) is 1. The summed E-state index contributed by atoms with van der Waals surface area (Å²) in [7, 11) is 0. The number of carbonyl (C=O) groups is 1. The van der Waals surface area contributed by atoms with Crippen LogP contribution in [0.3, 0.4) is 0 Å². The third kappa shape index (κ3) is 5.36. The second kappa shape index (κ2) is 7.74. The number of hydrogen-bond donors (Lipinski definition) is 2. The fourth-order valence-corrected chi connectivity index (χ4v) is 2.17. The van der Waals surface area contributed by atoms with Crippen molar-refractivity contribution in [3.8, 4) is 0 Å². The summed E-state index contributed by atoms with van der Waals surface area (Å²) < 4.78 is 5.18. The van der Waals surface area contributed by atoms with Gasteiger partial charge in [-0.25, -0.2) is 0 Å². The van der Waals surface area contributed by atoms with Gasteiger partial charge in [0, 0.05) is 13.2 Å². The van der Waals surface area contributed by atoms with Gasteiger partial charge < -0.3 is 15.8 Å². The minimum atomic E-state index is -0.780. The zero-order valence-corrected chi connectivity index (χ0v) is 11.8. The van der Waals surface area contributed by atoms with Gasteiger partial charge in [-0.2, -0.15) is 0 Å². The molecule has 1 saturated heterocycles. The van der Waals surface area contributed by atoms with Crippen LogP contribution in [-0.4, -0.2) is 31.2 Å². The summed E-state index contributed by atoms with van der Waals surface area (Å²) in [4.78, 5) is 11.8. The largest absolute Gasteiger partial charge is 0.379 e. The van der Waals surface area contributed by atoms with Gasteiger partial charge in [0.15, 0.2) is 0 Å². The summed E-state index contributed by atoms with van der Waals surface area (Å²) in [5.41, 5.74) is 5.18. The number of unbranched alkanes of at least 4 members (excludes halogenated alkanes) is 3. The van der Waals surface area contributed by atoms with Gasteiger partial charge in [-0.3, -0.25) is 4.79 Å². The fraction of sp³-hybridized carbons (Fsp3) is 0.929. The van der Waals surface area contributed by atoms with E-state index in [1.165, 1.54) is 25.7 Å². The number of hydrogen-bond acceptors (Lipinski definition) is 3. The van der Waals surface area contributed by atoms with Gasteiger partial charge >= 0.3 is 0 Å². The summed E-state index contributed by atoms with van der Waals surface area (Å²) in [6.07, 6.45) is 6.70. The van der Waals surface area contributed by atoms with Crippen molar-refractivity contribution in [3.63, 3.8) is 0 Å². The van der Waals surface area contributed by atoms with E-state index in [0.29, 0.717) is 19.6 Å². The zero-order chi connectivity index (χ0) is 13.4. The van der Waals surface area contributed by atoms with Crippen molar-refractivity contribution in [1.82, 2.24) is 5.32 Å². The Kier molecular flexibility index (Phi) is 6.65. The first kappa shape index (κ1) is 15.4. The van der Waals surface area contributed by atoms with Gasteiger partial charge in [0.05, 0.1) is 6.61 Å². The van der Waals surface area contributed by atoms with Crippen molar-refractivity contribution in [1.29, 1.82) is 0 Å². The van der Waals surface area contributed by atoms with Crippen LogP contribution < -0.4 is 11.1 Å². The monoisotopic (exact) mass is 256 g/mol. The second-order valence-electron chi connectivity index (χ2n) is 5.81. The van der Waals surface area contributed by atoms with E-state index in [9.17, 15) is 4.79 Å². The SMILES string of the molecule is CC(C)CCCCCCNC(=O)C1(N)CCOC1. The van der Waals surface area contributed by atoms with Crippen LogP contribution in [-0.2, 0) is 9.53 Å². The Labute approximate surface area is 111 Å². The Morgan fingerprint density at radius 2 is 2.06 bits per heavy atom. The molecule has 1 amide bonds. The molecule has 3 N–H and O–H groups in total. The highest BCUT2D eigenvalue weighted by atomic mass is 16.5. The molecule has 0 aromatic rings. The molecule has 0 radical (unpaired) electrons. The van der Waals surface area contributed by atoms with E-state index in [4.69, 9.17) is 10.5 Å². The van der Waals surface area contributed by atoms with E-state index in [2.05, 4.69) is 19.2 Å². The molecule has 0 aliphatic carbocycles. The molecule has 1 aliphatic rings. The topological polar surface area (TPSA) is 64.4 Å². The average Bonchev–Trinajstić information content (AvgIpc) is 2.75. The summed E-state index contributed by atoms with van der Waals surface area (Å²) in [5.74, 6) is 0.742. The Morgan fingerprint density at radius 1 is 1.33 bits per heavy atom. The highest BCUT2D eigenvalue weighted by Crippen LogP contribution is 2.15. The van der Waals surface area contributed by atoms with Crippen molar-refractivity contribution >= 4 is 5.91 Å². The van der Waals surface area contributed by atoms with Crippen molar-refractivity contribution < 1.29 is 9.53 Å². The van der Waals surface area contributed by atoms with Gasteiger partial charge in [-0.05, 0) is 18.8 Å². The molecule has 1 unspecified atom stereocenters. The maximum atomic E-state index is 11.8. The van der Waals surface area contributed by atoms with Crippen molar-refractivity contribution in [2.45, 2.75) is 57.9 Å². The predicted octanol–water partition coefficient (Wildman–Crippen LogP) is 1.83. The number of nitrogens with one attached hydrogen (secondary N) is 1. The lowest BCUT2D eigenvalue weighted by Gasteiger charge is -2.20. The first-order chi connectivity index (χ1) is 8.54. The number of carbonyl (C=O) groups excluding carboxylic acids is 1. The molecule has 0 bridgehead atoms. The van der Waals surface area contributed by atoms with Crippen molar-refractivity contribution in [2.24, 2.45) is 11.7 Å². The standard InChI is InChI=1S/C14H28N2O2/c1-12(2)7-5-3-4-6-9-16-13(17)14(15)8-10-18-11-14/h12H,3-11,15H2,1-2H3,(H,16,17). The highest BCUT2D eigenvalue weighted by Gasteiger charge is 2.37. The normalized spacial score (nSPS) is 23.6. The minimum Gasteiger partial charge on any atom is -0.379 e. The van der Waals surface area contributed by atoms with Crippen LogP contribution >= 0.6 is 0 Å². The molecule has 0 aromatic carbocycles. The molecule has 18 heavy (non-hydrogen) atoms. The first-order valence-corrected chi connectivity index (χ1v) is 7.19. The molecule has 1 aliphatic heterocycles. The molecule has 106 valence electrons. The van der Waals surface area contributed by atoms with Crippen molar-refractivity contribution in [2.75, 3.05) is 19.8 Å². The highest BCUT2D eigenvalue weighted by molar-refractivity contribution is 5.86. The van der Waals surface area contributed by atoms with Crippen LogP contribution in [0.5, 0.6) is 0 Å². The molecule has 0 spiro atoms. The molecular formula is C14H28N2O2. The number of amides is 1. The number of ether oxygens (including phenoxy) is 1. The summed E-state index contributed by atoms with van der Waals surface area (Å²) in [6, 6.07) is 0. The lowest BCUT2D eigenvalue weighted by molar-refractivity contribution is -0.126. The third-order valence-corrected chi connectivity index (χ3v) is 3.50. The van der Waals surface area contributed by atoms with Gasteiger partial charge in [0.1, 0.15) is 5.54 Å². The molecule has 1 heterocycles. The summed E-state index contributed by atoms with van der Waals surface area (Å²) in [6.45, 7) is 6.20. The molecule has 0 aromatic heterocycles. The van der Waals surface area contributed by atoms with E-state index < -0.39 is 5.54 Å². The van der Waals surface area contributed by atoms with Crippen LogP contribution in [0.2, 0.25) is 0 Å². The molecule has 4 nitrogen and oxygen atoms in total. The Balaban J connectivity index is 1.99. The molecule has 0 saturated carbocycles. The van der Waals surface area contributed by atoms with Gasteiger partial charge in [0.2, 0.25) is 5.91 Å². The van der Waals surface area contributed by atoms with Gasteiger partial charge in [-0.1, -0.05) is 39.5 Å². The lowest BCUT2D eigenvalue weighted by atomic mass is 9.99. The van der Waals surface area contributed by atoms with Crippen LogP contribution in [0, 0.1) is 5.92 Å². The smallest absolute Gasteiger partial charge is 0.242 e. The lowest BCUT2D eigenvalue weighted by Crippen LogP contribution is -2.54. The predicted molar refractivity (Wildman–Crippen MR) is 73.3 cm³/mol. The van der Waals surface area contributed by atoms with Crippen LogP contribution in [0.25, 0.3) is 0 Å². The first-order valence-electron chi connectivity index (χ1n) is 7.19. The quantitative estimate of drug-likeness (QED) is 0.651. The van der Waals surface area contributed by atoms with Gasteiger partial charge in [0.25, 0.3) is 0 Å². The van der Waals surface area contributed by atoms with Gasteiger partial charge in [-0.15, -0.1) is 0 Å². The molecule has 1 atom stereocenters. The van der Waals surface area contributed by atoms with E-state index in [0.717, 1.165) is 18.9 Å².